The van der Waals surface area contributed by atoms with Crippen molar-refractivity contribution in [1.82, 2.24) is 4.98 Å². The van der Waals surface area contributed by atoms with Crippen LogP contribution >= 0.6 is 0 Å². The van der Waals surface area contributed by atoms with Crippen molar-refractivity contribution in [3.63, 3.8) is 0 Å². The molecule has 1 saturated heterocycles. The lowest BCUT2D eigenvalue weighted by Crippen LogP contribution is -2.50. The molecule has 1 N–H and O–H groups in total. The van der Waals surface area contributed by atoms with Crippen LogP contribution in [-0.4, -0.2) is 41.4 Å². The number of hydrogen-bond acceptors (Lipinski definition) is 4. The Morgan fingerprint density at radius 1 is 1.48 bits per heavy atom. The highest BCUT2D eigenvalue weighted by molar-refractivity contribution is 5.73. The summed E-state index contributed by atoms with van der Waals surface area (Å²) in [5.74, 6) is -0.750. The molecular formula is C13H15F3N2O3. The molecule has 2 atom stereocenters. The summed E-state index contributed by atoms with van der Waals surface area (Å²) in [5, 5.41) is 9.02. The lowest BCUT2D eigenvalue weighted by atomic mass is 10.1. The number of carboxylic acid groups (broad SMARTS) is 1. The van der Waals surface area contributed by atoms with Gasteiger partial charge in [0.2, 0.25) is 0 Å². The number of nitrogens with zero attached hydrogens (tertiary/aromatic N) is 2. The fourth-order valence-electron chi connectivity index (χ4n) is 2.31. The van der Waals surface area contributed by atoms with Gasteiger partial charge in [0.25, 0.3) is 0 Å². The van der Waals surface area contributed by atoms with Crippen molar-refractivity contribution in [1.29, 1.82) is 0 Å². The second kappa shape index (κ2) is 5.51. The van der Waals surface area contributed by atoms with Crippen molar-refractivity contribution in [2.24, 2.45) is 0 Å². The summed E-state index contributed by atoms with van der Waals surface area (Å²) in [6.45, 7) is 3.66. The topological polar surface area (TPSA) is 62.7 Å². The number of alkyl halides is 3. The number of pyridine rings is 1. The number of morpholine rings is 1. The zero-order chi connectivity index (χ0) is 15.8. The van der Waals surface area contributed by atoms with Crippen molar-refractivity contribution < 1.29 is 27.8 Å². The fraction of sp³-hybridized carbons (Fsp3) is 0.538. The Hall–Kier alpha value is -1.83. The van der Waals surface area contributed by atoms with Gasteiger partial charge in [0.1, 0.15) is 5.82 Å². The van der Waals surface area contributed by atoms with E-state index in [1.54, 1.807) is 11.8 Å². The number of anilines is 1. The standard InChI is InChI=1S/C13H15F3N2O3/c1-7-3-9(13(14,15)16)4-17-11(7)18-5-8(2)21-10(6-18)12(19)20/h3-4,8,10H,5-6H2,1-2H3,(H,19,20)/t8-,10+/m1/s1. The molecule has 0 aromatic carbocycles. The monoisotopic (exact) mass is 304 g/mol. The SMILES string of the molecule is Cc1cc(C(F)(F)F)cnc1N1C[C@@H](C)O[C@H](C(=O)O)C1. The molecular weight excluding hydrogens is 289 g/mol. The van der Waals surface area contributed by atoms with Crippen molar-refractivity contribution in [3.05, 3.63) is 23.4 Å². The van der Waals surface area contributed by atoms with E-state index in [1.165, 1.54) is 6.92 Å². The number of aromatic nitrogens is 1. The average Bonchev–Trinajstić information content (AvgIpc) is 2.36. The summed E-state index contributed by atoms with van der Waals surface area (Å²) < 4.78 is 43.1. The number of aliphatic carboxylic acids is 1. The second-order valence-electron chi connectivity index (χ2n) is 5.04. The van der Waals surface area contributed by atoms with Gasteiger partial charge in [-0.2, -0.15) is 13.2 Å². The minimum atomic E-state index is -4.45. The van der Waals surface area contributed by atoms with Crippen molar-refractivity contribution in [3.8, 4) is 0 Å². The maximum absolute atomic E-state index is 12.6. The molecule has 0 spiro atoms. The first kappa shape index (κ1) is 15.6. The molecule has 1 aliphatic rings. The van der Waals surface area contributed by atoms with Crippen LogP contribution in [0, 0.1) is 6.92 Å². The molecule has 0 bridgehead atoms. The number of carboxylic acids is 1. The highest BCUT2D eigenvalue weighted by Crippen LogP contribution is 2.31. The van der Waals surface area contributed by atoms with E-state index in [9.17, 15) is 18.0 Å². The molecule has 1 aliphatic heterocycles. The predicted molar refractivity (Wildman–Crippen MR) is 68.2 cm³/mol. The molecule has 0 saturated carbocycles. The zero-order valence-corrected chi connectivity index (χ0v) is 11.5. The Labute approximate surface area is 119 Å². The number of rotatable bonds is 2. The summed E-state index contributed by atoms with van der Waals surface area (Å²) in [6.07, 6.45) is -5.04. The molecule has 5 nitrogen and oxygen atoms in total. The molecule has 2 rings (SSSR count). The van der Waals surface area contributed by atoms with Gasteiger partial charge in [0.15, 0.2) is 6.10 Å². The molecule has 8 heteroatoms. The Morgan fingerprint density at radius 3 is 2.67 bits per heavy atom. The van der Waals surface area contributed by atoms with Gasteiger partial charge in [-0.1, -0.05) is 0 Å². The third-order valence-corrected chi connectivity index (χ3v) is 3.21. The minimum absolute atomic E-state index is 0.0544. The first-order valence-corrected chi connectivity index (χ1v) is 6.35. The lowest BCUT2D eigenvalue weighted by molar-refractivity contribution is -0.154. The highest BCUT2D eigenvalue weighted by Gasteiger charge is 2.34. The van der Waals surface area contributed by atoms with E-state index in [2.05, 4.69) is 4.98 Å². The van der Waals surface area contributed by atoms with E-state index in [4.69, 9.17) is 9.84 Å². The maximum Gasteiger partial charge on any atom is 0.417 e. The van der Waals surface area contributed by atoms with Gasteiger partial charge in [0.05, 0.1) is 18.2 Å². The molecule has 1 aromatic rings. The third kappa shape index (κ3) is 3.44. The number of halogens is 3. The Kier molecular flexibility index (Phi) is 4.08. The normalized spacial score (nSPS) is 23.2. The van der Waals surface area contributed by atoms with Gasteiger partial charge in [0, 0.05) is 12.7 Å². The van der Waals surface area contributed by atoms with Gasteiger partial charge >= 0.3 is 12.1 Å². The zero-order valence-electron chi connectivity index (χ0n) is 11.5. The first-order chi connectivity index (χ1) is 9.68. The smallest absolute Gasteiger partial charge is 0.417 e. The number of hydrogen-bond donors (Lipinski definition) is 1. The third-order valence-electron chi connectivity index (χ3n) is 3.21. The summed E-state index contributed by atoms with van der Waals surface area (Å²) >= 11 is 0. The maximum atomic E-state index is 12.6. The van der Waals surface area contributed by atoms with Gasteiger partial charge in [-0.3, -0.25) is 0 Å². The van der Waals surface area contributed by atoms with Crippen LogP contribution in [0.2, 0.25) is 0 Å². The molecule has 0 amide bonds. The quantitative estimate of drug-likeness (QED) is 0.906. The van der Waals surface area contributed by atoms with Gasteiger partial charge < -0.3 is 14.7 Å². The van der Waals surface area contributed by atoms with Gasteiger partial charge in [-0.15, -0.1) is 0 Å². The molecule has 1 fully saturated rings. The van der Waals surface area contributed by atoms with Crippen molar-refractivity contribution in [2.75, 3.05) is 18.0 Å². The van der Waals surface area contributed by atoms with Crippen LogP contribution in [0.3, 0.4) is 0 Å². The van der Waals surface area contributed by atoms with E-state index in [1.807, 2.05) is 0 Å². The van der Waals surface area contributed by atoms with E-state index in [-0.39, 0.29) is 12.6 Å². The van der Waals surface area contributed by atoms with Crippen molar-refractivity contribution in [2.45, 2.75) is 32.2 Å². The molecule has 0 aliphatic carbocycles. The van der Waals surface area contributed by atoms with Crippen LogP contribution < -0.4 is 4.90 Å². The minimum Gasteiger partial charge on any atom is -0.479 e. The predicted octanol–water partition coefficient (Wildman–Crippen LogP) is 2.09. The fourth-order valence-corrected chi connectivity index (χ4v) is 2.31. The molecule has 2 heterocycles. The van der Waals surface area contributed by atoms with E-state index in [0.29, 0.717) is 17.9 Å². The molecule has 0 radical (unpaired) electrons. The summed E-state index contributed by atoms with van der Waals surface area (Å²) in [6, 6.07) is 1.01. The first-order valence-electron chi connectivity index (χ1n) is 6.35. The van der Waals surface area contributed by atoms with Crippen LogP contribution in [0.15, 0.2) is 12.3 Å². The largest absolute Gasteiger partial charge is 0.479 e. The lowest BCUT2D eigenvalue weighted by Gasteiger charge is -2.36. The van der Waals surface area contributed by atoms with Gasteiger partial charge in [-0.25, -0.2) is 9.78 Å². The van der Waals surface area contributed by atoms with Crippen LogP contribution in [-0.2, 0) is 15.7 Å². The number of ether oxygens (including phenoxy) is 1. The van der Waals surface area contributed by atoms with Crippen LogP contribution in [0.25, 0.3) is 0 Å². The molecule has 116 valence electrons. The molecule has 0 unspecified atom stereocenters. The van der Waals surface area contributed by atoms with Crippen LogP contribution in [0.4, 0.5) is 19.0 Å². The van der Waals surface area contributed by atoms with Gasteiger partial charge in [-0.05, 0) is 25.5 Å². The van der Waals surface area contributed by atoms with Crippen LogP contribution in [0.1, 0.15) is 18.1 Å². The summed E-state index contributed by atoms with van der Waals surface area (Å²) in [5.41, 5.74) is -0.470. The van der Waals surface area contributed by atoms with E-state index in [0.717, 1.165) is 12.3 Å². The van der Waals surface area contributed by atoms with Crippen LogP contribution in [0.5, 0.6) is 0 Å². The molecule has 21 heavy (non-hydrogen) atoms. The summed E-state index contributed by atoms with van der Waals surface area (Å²) in [4.78, 5) is 16.5. The molecule has 1 aromatic heterocycles. The Balaban J connectivity index is 2.27. The van der Waals surface area contributed by atoms with E-state index >= 15 is 0 Å². The highest BCUT2D eigenvalue weighted by atomic mass is 19.4. The number of aryl methyl sites for hydroxylation is 1. The Morgan fingerprint density at radius 2 is 2.14 bits per heavy atom. The number of carbonyl (C=O) groups is 1. The Bertz CT molecular complexity index is 548. The van der Waals surface area contributed by atoms with Crippen molar-refractivity contribution >= 4 is 11.8 Å². The van der Waals surface area contributed by atoms with E-state index < -0.39 is 23.8 Å². The summed E-state index contributed by atoms with van der Waals surface area (Å²) in [7, 11) is 0. The average molecular weight is 304 g/mol. The second-order valence-corrected chi connectivity index (χ2v) is 5.04.